The van der Waals surface area contributed by atoms with Gasteiger partial charge in [-0.05, 0) is 56.0 Å². The summed E-state index contributed by atoms with van der Waals surface area (Å²) in [6, 6.07) is 8.14. The lowest BCUT2D eigenvalue weighted by molar-refractivity contribution is 0.0115. The predicted octanol–water partition coefficient (Wildman–Crippen LogP) is 2.68. The van der Waals surface area contributed by atoms with E-state index in [9.17, 15) is 17.6 Å². The molecule has 0 spiro atoms. The fourth-order valence-electron chi connectivity index (χ4n) is 6.22. The molecule has 2 saturated heterocycles. The highest BCUT2D eigenvalue weighted by Gasteiger charge is 2.33. The van der Waals surface area contributed by atoms with Crippen molar-refractivity contribution < 1.29 is 27.1 Å². The van der Waals surface area contributed by atoms with E-state index in [-0.39, 0.29) is 30.6 Å². The number of piperidine rings is 1. The molecule has 44 heavy (non-hydrogen) atoms. The molecule has 2 aliphatic heterocycles. The monoisotopic (exact) mass is 629 g/mol. The van der Waals surface area contributed by atoms with Crippen LogP contribution in [0.25, 0.3) is 16.7 Å². The Morgan fingerprint density at radius 3 is 2.45 bits per heavy atom. The second kappa shape index (κ2) is 13.1. The van der Waals surface area contributed by atoms with Crippen molar-refractivity contribution in [3.63, 3.8) is 0 Å². The minimum absolute atomic E-state index is 0.0325. The third-order valence-corrected chi connectivity index (χ3v) is 10.5. The highest BCUT2D eigenvalue weighted by Crippen LogP contribution is 2.43. The lowest BCUT2D eigenvalue weighted by Crippen LogP contribution is -2.49. The van der Waals surface area contributed by atoms with Crippen molar-refractivity contribution in [2.45, 2.75) is 44.1 Å². The first kappa shape index (κ1) is 30.8. The third kappa shape index (κ3) is 6.31. The van der Waals surface area contributed by atoms with Gasteiger partial charge in [-0.1, -0.05) is 6.42 Å². The molecule has 1 aliphatic carbocycles. The number of methoxy groups -OCH3 is 1. The van der Waals surface area contributed by atoms with Gasteiger partial charge >= 0.3 is 10.2 Å². The molecule has 4 heterocycles. The molecule has 0 atom stereocenters. The van der Waals surface area contributed by atoms with Gasteiger partial charge in [0.25, 0.3) is 5.91 Å². The van der Waals surface area contributed by atoms with Gasteiger partial charge in [0.2, 0.25) is 0 Å². The summed E-state index contributed by atoms with van der Waals surface area (Å²) in [4.78, 5) is 23.0. The predicted molar refractivity (Wildman–Crippen MR) is 164 cm³/mol. The van der Waals surface area contributed by atoms with Crippen LogP contribution in [0.3, 0.4) is 0 Å². The van der Waals surface area contributed by atoms with Crippen LogP contribution in [-0.2, 0) is 19.7 Å². The van der Waals surface area contributed by atoms with E-state index < -0.39 is 16.1 Å². The molecule has 3 fully saturated rings. The van der Waals surface area contributed by atoms with Crippen LogP contribution in [0.1, 0.15) is 54.2 Å². The number of likely N-dealkylation sites (N-methyl/N-ethyl adjacent to an activating group) is 1. The van der Waals surface area contributed by atoms with Gasteiger partial charge in [-0.3, -0.25) is 9.69 Å². The number of aromatic nitrogens is 3. The maximum absolute atomic E-state index is 13.9. The van der Waals surface area contributed by atoms with Gasteiger partial charge in [-0.2, -0.15) is 17.8 Å². The van der Waals surface area contributed by atoms with Gasteiger partial charge in [-0.15, -0.1) is 0 Å². The zero-order chi connectivity index (χ0) is 30.8. The number of fused-ring (bicyclic) bond motifs is 1. The van der Waals surface area contributed by atoms with Gasteiger partial charge in [0.15, 0.2) is 5.65 Å². The molecule has 1 amide bonds. The zero-order valence-electron chi connectivity index (χ0n) is 25.2. The SMILES string of the molecule is COCCN(C)S(=O)(=O)NC(=O)c1cc(N2CCC(N3CCOCC3)CC2)c2c(C3CCC3)nn(-c3ccc(F)cc3)c2n1. The Labute approximate surface area is 257 Å². The van der Waals surface area contributed by atoms with E-state index in [1.165, 1.54) is 26.3 Å². The molecule has 12 nitrogen and oxygen atoms in total. The van der Waals surface area contributed by atoms with Crippen LogP contribution in [0, 0.1) is 5.82 Å². The van der Waals surface area contributed by atoms with Gasteiger partial charge < -0.3 is 14.4 Å². The van der Waals surface area contributed by atoms with Gasteiger partial charge in [0.1, 0.15) is 11.5 Å². The van der Waals surface area contributed by atoms with Gasteiger partial charge in [0, 0.05) is 58.8 Å². The molecule has 3 aliphatic rings. The quantitative estimate of drug-likeness (QED) is 0.361. The van der Waals surface area contributed by atoms with Crippen LogP contribution in [0.2, 0.25) is 0 Å². The lowest BCUT2D eigenvalue weighted by Gasteiger charge is -2.41. The minimum Gasteiger partial charge on any atom is -0.383 e. The molecule has 1 aromatic carbocycles. The summed E-state index contributed by atoms with van der Waals surface area (Å²) in [6.07, 6.45) is 5.02. The van der Waals surface area contributed by atoms with Crippen molar-refractivity contribution in [3.8, 4) is 5.69 Å². The summed E-state index contributed by atoms with van der Waals surface area (Å²) >= 11 is 0. The number of morpholine rings is 1. The molecule has 2 aromatic heterocycles. The maximum atomic E-state index is 13.9. The number of pyridine rings is 1. The second-order valence-corrected chi connectivity index (χ2v) is 13.5. The van der Waals surface area contributed by atoms with E-state index in [1.807, 2.05) is 0 Å². The Bertz CT molecular complexity index is 1580. The number of amides is 1. The molecule has 6 rings (SSSR count). The van der Waals surface area contributed by atoms with Gasteiger partial charge in [-0.25, -0.2) is 18.8 Å². The molecular formula is C30H40FN7O5S. The van der Waals surface area contributed by atoms with Crippen LogP contribution < -0.4 is 9.62 Å². The van der Waals surface area contributed by atoms with Crippen LogP contribution in [0.4, 0.5) is 10.1 Å². The standard InChI is InChI=1S/C30H40FN7O5S/c1-35(14-17-42-2)44(40,41)34-30(39)25-20-26(37-12-10-23(11-13-37)36-15-18-43-19-16-36)27-28(21-4-3-5-21)33-38(29(27)32-25)24-8-6-22(31)7-9-24/h6-9,20-21,23H,3-5,10-19H2,1-2H3,(H,34,39). The van der Waals surface area contributed by atoms with Gasteiger partial charge in [0.05, 0.1) is 42.3 Å². The van der Waals surface area contributed by atoms with Crippen molar-refractivity contribution in [1.82, 2.24) is 28.7 Å². The number of carbonyl (C=O) groups is 1. The Kier molecular flexibility index (Phi) is 9.15. The number of halogens is 1. The maximum Gasteiger partial charge on any atom is 0.303 e. The fourth-order valence-corrected chi connectivity index (χ4v) is 7.03. The Hall–Kier alpha value is -3.17. The highest BCUT2D eigenvalue weighted by molar-refractivity contribution is 7.87. The summed E-state index contributed by atoms with van der Waals surface area (Å²) < 4.78 is 55.2. The van der Waals surface area contributed by atoms with E-state index in [1.54, 1.807) is 22.9 Å². The highest BCUT2D eigenvalue weighted by atomic mass is 32.2. The largest absolute Gasteiger partial charge is 0.383 e. The van der Waals surface area contributed by atoms with E-state index in [4.69, 9.17) is 19.6 Å². The molecule has 0 radical (unpaired) electrons. The van der Waals surface area contributed by atoms with Crippen molar-refractivity contribution in [3.05, 3.63) is 47.5 Å². The molecule has 238 valence electrons. The van der Waals surface area contributed by atoms with Crippen LogP contribution in [0.5, 0.6) is 0 Å². The van der Waals surface area contributed by atoms with Crippen molar-refractivity contribution in [1.29, 1.82) is 0 Å². The number of rotatable bonds is 10. The van der Waals surface area contributed by atoms with E-state index in [0.717, 1.165) is 92.6 Å². The summed E-state index contributed by atoms with van der Waals surface area (Å²) in [7, 11) is -1.28. The summed E-state index contributed by atoms with van der Waals surface area (Å²) in [5, 5.41) is 5.86. The third-order valence-electron chi connectivity index (χ3n) is 9.05. The minimum atomic E-state index is -4.14. The van der Waals surface area contributed by atoms with Crippen molar-refractivity contribution in [2.24, 2.45) is 0 Å². The first-order valence-electron chi connectivity index (χ1n) is 15.3. The number of hydrogen-bond acceptors (Lipinski definition) is 9. The molecular weight excluding hydrogens is 589 g/mol. The smallest absolute Gasteiger partial charge is 0.303 e. The molecule has 0 unspecified atom stereocenters. The summed E-state index contributed by atoms with van der Waals surface area (Å²) in [5.74, 6) is -0.957. The first-order valence-corrected chi connectivity index (χ1v) is 16.7. The molecule has 3 aromatic rings. The summed E-state index contributed by atoms with van der Waals surface area (Å²) in [6.45, 7) is 5.16. The van der Waals surface area contributed by atoms with E-state index in [2.05, 4.69) is 14.5 Å². The topological polar surface area (TPSA) is 122 Å². The van der Waals surface area contributed by atoms with Crippen LogP contribution >= 0.6 is 0 Å². The van der Waals surface area contributed by atoms with Crippen molar-refractivity contribution in [2.75, 3.05) is 71.6 Å². The number of ether oxygens (including phenoxy) is 2. The fraction of sp³-hybridized carbons (Fsp3) is 0.567. The molecule has 14 heteroatoms. The number of benzene rings is 1. The number of anilines is 1. The number of hydrogen-bond donors (Lipinski definition) is 1. The summed E-state index contributed by atoms with van der Waals surface area (Å²) in [5.41, 5.74) is 2.75. The number of carbonyl (C=O) groups excluding carboxylic acids is 1. The average molecular weight is 630 g/mol. The molecule has 0 bridgehead atoms. The molecule has 1 N–H and O–H groups in total. The van der Waals surface area contributed by atoms with Crippen molar-refractivity contribution >= 4 is 32.8 Å². The second-order valence-electron chi connectivity index (χ2n) is 11.7. The number of nitrogens with one attached hydrogen (secondary N) is 1. The normalized spacial score (nSPS) is 19.0. The van der Waals surface area contributed by atoms with E-state index >= 15 is 0 Å². The van der Waals surface area contributed by atoms with Crippen LogP contribution in [-0.4, -0.2) is 111 Å². The average Bonchev–Trinajstić information content (AvgIpc) is 3.38. The zero-order valence-corrected chi connectivity index (χ0v) is 26.1. The Balaban J connectivity index is 1.41. The molecule has 1 saturated carbocycles. The Morgan fingerprint density at radius 1 is 1.11 bits per heavy atom. The van der Waals surface area contributed by atoms with E-state index in [0.29, 0.717) is 17.4 Å². The first-order chi connectivity index (χ1) is 21.2. The van der Waals surface area contributed by atoms with Crippen LogP contribution in [0.15, 0.2) is 30.3 Å². The lowest BCUT2D eigenvalue weighted by atomic mass is 9.82. The number of nitrogens with zero attached hydrogens (tertiary/aromatic N) is 6. The Morgan fingerprint density at radius 2 is 1.82 bits per heavy atom.